The van der Waals surface area contributed by atoms with Gasteiger partial charge < -0.3 is 0 Å². The van der Waals surface area contributed by atoms with E-state index in [0.29, 0.717) is 0 Å². The number of benzene rings is 3. The Morgan fingerprint density at radius 3 is 1.64 bits per heavy atom. The van der Waals surface area contributed by atoms with E-state index in [1.807, 2.05) is 0 Å². The molecule has 0 spiro atoms. The van der Waals surface area contributed by atoms with E-state index < -0.39 is 7.56 Å². The predicted octanol–water partition coefficient (Wildman–Crippen LogP) is 5.06. The summed E-state index contributed by atoms with van der Waals surface area (Å²) in [5.74, 6) is 0. The molecule has 0 N–H and O–H groups in total. The fourth-order valence-corrected chi connectivity index (χ4v) is 7.26. The molecule has 0 aliphatic rings. The minimum Gasteiger partial charge on any atom is -0.230 e. The molecule has 0 saturated heterocycles. The summed E-state index contributed by atoms with van der Waals surface area (Å²) in [5, 5.41) is 1.40. The number of nitrogens with zero attached hydrogens (tertiary/aromatic N) is 2. The van der Waals surface area contributed by atoms with E-state index in [2.05, 4.69) is 121 Å². The van der Waals surface area contributed by atoms with Crippen molar-refractivity contribution in [3.63, 3.8) is 0 Å². The second-order valence-corrected chi connectivity index (χ2v) is 10.1. The monoisotopic (exact) mass is 349 g/mol. The highest BCUT2D eigenvalue weighted by molar-refractivity contribution is 7.81. The highest BCUT2D eigenvalue weighted by Gasteiger charge is 2.48. The Morgan fingerprint density at radius 2 is 1.12 bits per heavy atom. The van der Waals surface area contributed by atoms with Crippen LogP contribution in [0.25, 0.3) is 0 Å². The summed E-state index contributed by atoms with van der Waals surface area (Å²) in [6, 6.07) is 32.5. The number of anilines is 1. The average molecular weight is 349 g/mol. The minimum atomic E-state index is -1.79. The molecule has 0 aliphatic heterocycles. The summed E-state index contributed by atoms with van der Waals surface area (Å²) in [6.45, 7) is 0. The van der Waals surface area contributed by atoms with Gasteiger partial charge in [-0.15, -0.1) is 0 Å². The minimum absolute atomic E-state index is 1.01. The molecule has 0 aromatic heterocycles. The summed E-state index contributed by atoms with van der Waals surface area (Å²) in [4.78, 5) is 0. The Kier molecular flexibility index (Phi) is 5.53. The van der Waals surface area contributed by atoms with Crippen molar-refractivity contribution in [1.82, 2.24) is 4.67 Å². The van der Waals surface area contributed by atoms with Crippen LogP contribution in [-0.2, 0) is 6.16 Å². The van der Waals surface area contributed by atoms with Crippen LogP contribution >= 0.6 is 7.56 Å². The first-order chi connectivity index (χ1) is 12.1. The lowest BCUT2D eigenvalue weighted by Gasteiger charge is -2.39. The lowest BCUT2D eigenvalue weighted by molar-refractivity contribution is 0.659. The zero-order chi connectivity index (χ0) is 17.7. The Bertz CT molecular complexity index is 775. The topological polar surface area (TPSA) is 6.48 Å². The average Bonchev–Trinajstić information content (AvgIpc) is 2.67. The van der Waals surface area contributed by atoms with Crippen LogP contribution in [0.1, 0.15) is 5.56 Å². The maximum absolute atomic E-state index is 2.50. The molecular formula is C22H26N2P+. The molecule has 0 radical (unpaired) electrons. The highest BCUT2D eigenvalue weighted by atomic mass is 31.2. The molecule has 3 aromatic rings. The molecule has 25 heavy (non-hydrogen) atoms. The van der Waals surface area contributed by atoms with Crippen LogP contribution < -0.4 is 9.97 Å². The first-order valence-electron chi connectivity index (χ1n) is 8.59. The van der Waals surface area contributed by atoms with Crippen molar-refractivity contribution in [2.45, 2.75) is 6.16 Å². The first-order valence-corrected chi connectivity index (χ1v) is 10.5. The van der Waals surface area contributed by atoms with E-state index in [1.165, 1.54) is 16.6 Å². The standard InChI is InChI=1S/C22H26N2P/c1-23(2)25(22-17-11-6-12-18-22,19-20-13-7-4-8-14-20)24(3)21-15-9-5-10-16-21/h4-18H,19H2,1-3H3/q+1. The zero-order valence-corrected chi connectivity index (χ0v) is 16.1. The van der Waals surface area contributed by atoms with Gasteiger partial charge in [0.15, 0.2) is 0 Å². The molecule has 2 nitrogen and oxygen atoms in total. The smallest absolute Gasteiger partial charge is 0.211 e. The van der Waals surface area contributed by atoms with Crippen molar-refractivity contribution in [3.8, 4) is 0 Å². The van der Waals surface area contributed by atoms with Crippen molar-refractivity contribution in [3.05, 3.63) is 96.6 Å². The van der Waals surface area contributed by atoms with Crippen LogP contribution in [0, 0.1) is 0 Å². The van der Waals surface area contributed by atoms with E-state index in [-0.39, 0.29) is 0 Å². The van der Waals surface area contributed by atoms with Crippen LogP contribution in [0.15, 0.2) is 91.0 Å². The Labute approximate surface area is 152 Å². The third kappa shape index (κ3) is 3.61. The summed E-state index contributed by atoms with van der Waals surface area (Å²) >= 11 is 0. The molecule has 1 unspecified atom stereocenters. The fraction of sp³-hybridized carbons (Fsp3) is 0.182. The van der Waals surface area contributed by atoms with Gasteiger partial charge in [0.25, 0.3) is 0 Å². The van der Waals surface area contributed by atoms with E-state index >= 15 is 0 Å². The van der Waals surface area contributed by atoms with Crippen LogP contribution in [0.2, 0.25) is 0 Å². The second-order valence-electron chi connectivity index (χ2n) is 6.42. The highest BCUT2D eigenvalue weighted by Crippen LogP contribution is 2.65. The van der Waals surface area contributed by atoms with Gasteiger partial charge in [0.1, 0.15) is 11.5 Å². The van der Waals surface area contributed by atoms with Gasteiger partial charge in [-0.2, -0.15) is 4.67 Å². The van der Waals surface area contributed by atoms with Gasteiger partial charge in [0.2, 0.25) is 7.56 Å². The van der Waals surface area contributed by atoms with Crippen molar-refractivity contribution in [1.29, 1.82) is 0 Å². The van der Waals surface area contributed by atoms with Gasteiger partial charge in [-0.3, -0.25) is 0 Å². The first kappa shape index (κ1) is 17.7. The summed E-state index contributed by atoms with van der Waals surface area (Å²) in [6.07, 6.45) is 1.01. The van der Waals surface area contributed by atoms with Crippen LogP contribution in [0.3, 0.4) is 0 Å². The van der Waals surface area contributed by atoms with Gasteiger partial charge in [-0.05, 0) is 29.8 Å². The second kappa shape index (κ2) is 7.82. The van der Waals surface area contributed by atoms with E-state index in [1.54, 1.807) is 0 Å². The summed E-state index contributed by atoms with van der Waals surface area (Å²) in [5.41, 5.74) is 2.63. The molecule has 0 bridgehead atoms. The molecule has 0 heterocycles. The maximum Gasteiger partial charge on any atom is 0.211 e. The molecule has 0 amide bonds. The number of rotatable bonds is 6. The number of hydrogen-bond donors (Lipinski definition) is 0. The Balaban J connectivity index is 2.15. The molecule has 3 aromatic carbocycles. The molecular weight excluding hydrogens is 323 g/mol. The number of hydrogen-bond acceptors (Lipinski definition) is 2. The van der Waals surface area contributed by atoms with Crippen molar-refractivity contribution in [2.75, 3.05) is 25.8 Å². The molecule has 1 atom stereocenters. The zero-order valence-electron chi connectivity index (χ0n) is 15.2. The van der Waals surface area contributed by atoms with Gasteiger partial charge in [0.05, 0.1) is 5.69 Å². The molecule has 0 fully saturated rings. The van der Waals surface area contributed by atoms with Gasteiger partial charge in [0, 0.05) is 21.1 Å². The van der Waals surface area contributed by atoms with Crippen LogP contribution in [-0.4, -0.2) is 25.8 Å². The predicted molar refractivity (Wildman–Crippen MR) is 112 cm³/mol. The van der Waals surface area contributed by atoms with Crippen LogP contribution in [0.5, 0.6) is 0 Å². The van der Waals surface area contributed by atoms with E-state index in [9.17, 15) is 0 Å². The van der Waals surface area contributed by atoms with Crippen molar-refractivity contribution >= 4 is 18.6 Å². The molecule has 128 valence electrons. The lowest BCUT2D eigenvalue weighted by Crippen LogP contribution is -2.37. The Hall–Kier alpha value is -2.15. The molecule has 0 saturated carbocycles. The molecule has 3 rings (SSSR count). The van der Waals surface area contributed by atoms with Gasteiger partial charge in [-0.25, -0.2) is 4.67 Å². The van der Waals surface area contributed by atoms with Crippen molar-refractivity contribution < 1.29 is 0 Å². The van der Waals surface area contributed by atoms with E-state index in [4.69, 9.17) is 0 Å². The number of para-hydroxylation sites is 1. The summed E-state index contributed by atoms with van der Waals surface area (Å²) in [7, 11) is 4.87. The third-order valence-corrected chi connectivity index (χ3v) is 9.18. The molecule has 0 aliphatic carbocycles. The van der Waals surface area contributed by atoms with E-state index in [0.717, 1.165) is 6.16 Å². The Morgan fingerprint density at radius 1 is 0.640 bits per heavy atom. The normalized spacial score (nSPS) is 13.4. The molecule has 3 heteroatoms. The fourth-order valence-electron chi connectivity index (χ4n) is 3.35. The lowest BCUT2D eigenvalue weighted by atomic mass is 10.2. The van der Waals surface area contributed by atoms with Crippen molar-refractivity contribution in [2.24, 2.45) is 0 Å². The maximum atomic E-state index is 2.50. The quantitative estimate of drug-likeness (QED) is 0.574. The largest absolute Gasteiger partial charge is 0.230 e. The third-order valence-electron chi connectivity index (χ3n) is 4.70. The van der Waals surface area contributed by atoms with Crippen LogP contribution in [0.4, 0.5) is 5.69 Å². The van der Waals surface area contributed by atoms with Gasteiger partial charge >= 0.3 is 0 Å². The summed E-state index contributed by atoms with van der Waals surface area (Å²) < 4.78 is 4.93. The van der Waals surface area contributed by atoms with Gasteiger partial charge in [-0.1, -0.05) is 66.7 Å². The SMILES string of the molecule is CN(C)[P+](Cc1ccccc1)(c1ccccc1)N(C)c1ccccc1.